The van der Waals surface area contributed by atoms with E-state index in [1.807, 2.05) is 0 Å². The topological polar surface area (TPSA) is 166 Å². The van der Waals surface area contributed by atoms with Gasteiger partial charge in [-0.05, 0) is 13.0 Å². The second-order valence-electron chi connectivity index (χ2n) is 6.02. The Morgan fingerprint density at radius 1 is 1.54 bits per heavy atom. The van der Waals surface area contributed by atoms with Crippen LogP contribution < -0.4 is 5.73 Å². The van der Waals surface area contributed by atoms with Gasteiger partial charge in [-0.2, -0.15) is 5.10 Å². The van der Waals surface area contributed by atoms with Crippen LogP contribution in [0.3, 0.4) is 0 Å². The van der Waals surface area contributed by atoms with Crippen molar-refractivity contribution in [2.24, 2.45) is 0 Å². The first kappa shape index (κ1) is 18.2. The lowest BCUT2D eigenvalue weighted by Gasteiger charge is -2.26. The Bertz CT molecular complexity index is 864. The Morgan fingerprint density at radius 2 is 2.27 bits per heavy atom. The van der Waals surface area contributed by atoms with Crippen molar-refractivity contribution in [1.82, 2.24) is 19.7 Å². The lowest BCUT2D eigenvalue weighted by Crippen LogP contribution is -2.44. The second kappa shape index (κ2) is 6.61. The Hall–Kier alpha value is -2.60. The van der Waals surface area contributed by atoms with E-state index >= 15 is 0 Å². The van der Waals surface area contributed by atoms with E-state index in [1.165, 1.54) is 31.1 Å². The van der Waals surface area contributed by atoms with Crippen molar-refractivity contribution in [2.75, 3.05) is 19.5 Å². The molecule has 0 spiro atoms. The third-order valence-electron chi connectivity index (χ3n) is 4.28. The molecule has 0 saturated carbocycles. The smallest absolute Gasteiger partial charge is 0.330 e. The van der Waals surface area contributed by atoms with Crippen LogP contribution in [0, 0.1) is 0 Å². The van der Waals surface area contributed by atoms with Crippen molar-refractivity contribution in [3.8, 4) is 0 Å². The lowest BCUT2D eigenvalue weighted by atomic mass is 9.97. The molecule has 3 rings (SSSR count). The molecule has 5 N–H and O–H groups in total. The molecule has 11 heteroatoms. The molecule has 11 nitrogen and oxygen atoms in total. The summed E-state index contributed by atoms with van der Waals surface area (Å²) in [6.07, 6.45) is 0.248. The van der Waals surface area contributed by atoms with Crippen LogP contribution in [0.5, 0.6) is 0 Å². The molecular weight excluding hydrogens is 346 g/mol. The summed E-state index contributed by atoms with van der Waals surface area (Å²) in [5.41, 5.74) is 4.64. The SMILES string of the molecule is COC(=O)C=Cc1nn([C@@H]2O[C@H](CO)[C@@H](O)[C@@]2(C)O)c2ncnc(N)c12. The molecule has 0 amide bonds. The van der Waals surface area contributed by atoms with Crippen LogP contribution in [-0.4, -0.2) is 72.6 Å². The van der Waals surface area contributed by atoms with Gasteiger partial charge in [-0.3, -0.25) is 0 Å². The van der Waals surface area contributed by atoms with E-state index in [4.69, 9.17) is 10.5 Å². The van der Waals surface area contributed by atoms with Gasteiger partial charge in [0.25, 0.3) is 0 Å². The first-order chi connectivity index (χ1) is 12.3. The van der Waals surface area contributed by atoms with Crippen LogP contribution in [0.4, 0.5) is 5.82 Å². The summed E-state index contributed by atoms with van der Waals surface area (Å²) in [5.74, 6) is -0.481. The van der Waals surface area contributed by atoms with Gasteiger partial charge >= 0.3 is 5.97 Å². The number of aliphatic hydroxyl groups is 3. The van der Waals surface area contributed by atoms with Gasteiger partial charge in [-0.25, -0.2) is 19.4 Å². The van der Waals surface area contributed by atoms with Crippen molar-refractivity contribution >= 4 is 28.9 Å². The number of methoxy groups -OCH3 is 1. The summed E-state index contributed by atoms with van der Waals surface area (Å²) in [7, 11) is 1.24. The van der Waals surface area contributed by atoms with Crippen LogP contribution in [0.1, 0.15) is 18.8 Å². The summed E-state index contributed by atoms with van der Waals surface area (Å²) >= 11 is 0. The molecule has 3 heterocycles. The molecule has 1 saturated heterocycles. The molecule has 26 heavy (non-hydrogen) atoms. The minimum Gasteiger partial charge on any atom is -0.466 e. The van der Waals surface area contributed by atoms with E-state index in [-0.39, 0.29) is 17.2 Å². The van der Waals surface area contributed by atoms with Gasteiger partial charge in [0.15, 0.2) is 11.9 Å². The van der Waals surface area contributed by atoms with Crippen molar-refractivity contribution in [3.05, 3.63) is 18.1 Å². The van der Waals surface area contributed by atoms with E-state index in [2.05, 4.69) is 19.8 Å². The van der Waals surface area contributed by atoms with E-state index in [0.717, 1.165) is 6.08 Å². The molecule has 1 fully saturated rings. The van der Waals surface area contributed by atoms with E-state index in [9.17, 15) is 20.1 Å². The van der Waals surface area contributed by atoms with Crippen LogP contribution >= 0.6 is 0 Å². The molecule has 4 atom stereocenters. The molecule has 0 aliphatic carbocycles. The standard InChI is InChI=1S/C15H19N5O6/c1-15(24)11(23)8(5-21)26-14(15)20-13-10(12(16)17-6-18-13)7(19-20)3-4-9(22)25-2/h3-4,6,8,11,14,21,23-24H,5H2,1-2H3,(H2,16,17,18)/t8-,11-,14-,15-/m1/s1. The number of fused-ring (bicyclic) bond motifs is 1. The molecule has 2 aromatic rings. The van der Waals surface area contributed by atoms with E-state index in [1.54, 1.807) is 0 Å². The number of anilines is 1. The summed E-state index contributed by atoms with van der Waals surface area (Å²) in [6, 6.07) is 0. The predicted molar refractivity (Wildman–Crippen MR) is 88.4 cm³/mol. The Labute approximate surface area is 147 Å². The quantitative estimate of drug-likeness (QED) is 0.374. The summed E-state index contributed by atoms with van der Waals surface area (Å²) in [6.45, 7) is 0.874. The van der Waals surface area contributed by atoms with Crippen LogP contribution in [0.25, 0.3) is 17.1 Å². The molecular formula is C15H19N5O6. The average Bonchev–Trinajstić information content (AvgIpc) is 3.09. The van der Waals surface area contributed by atoms with Gasteiger partial charge in [-0.15, -0.1) is 0 Å². The van der Waals surface area contributed by atoms with Crippen molar-refractivity contribution < 1.29 is 29.6 Å². The summed E-state index contributed by atoms with van der Waals surface area (Å²) < 4.78 is 11.4. The largest absolute Gasteiger partial charge is 0.466 e. The zero-order chi connectivity index (χ0) is 19.1. The fourth-order valence-corrected chi connectivity index (χ4v) is 2.87. The number of carbonyl (C=O) groups is 1. The molecule has 0 bridgehead atoms. The number of aliphatic hydroxyl groups excluding tert-OH is 2. The third-order valence-corrected chi connectivity index (χ3v) is 4.28. The van der Waals surface area contributed by atoms with Crippen LogP contribution in [0.15, 0.2) is 12.4 Å². The highest BCUT2D eigenvalue weighted by Crippen LogP contribution is 2.39. The normalized spacial score (nSPS) is 28.9. The molecule has 2 aromatic heterocycles. The highest BCUT2D eigenvalue weighted by molar-refractivity contribution is 5.96. The van der Waals surface area contributed by atoms with Crippen LogP contribution in [0.2, 0.25) is 0 Å². The van der Waals surface area contributed by atoms with Gasteiger partial charge in [-0.1, -0.05) is 0 Å². The number of aromatic nitrogens is 4. The van der Waals surface area contributed by atoms with Crippen molar-refractivity contribution in [3.63, 3.8) is 0 Å². The molecule has 0 unspecified atom stereocenters. The minimum atomic E-state index is -1.75. The van der Waals surface area contributed by atoms with Crippen molar-refractivity contribution in [1.29, 1.82) is 0 Å². The Kier molecular flexibility index (Phi) is 4.63. The Balaban J connectivity index is 2.14. The maximum Gasteiger partial charge on any atom is 0.330 e. The number of ether oxygens (including phenoxy) is 2. The minimum absolute atomic E-state index is 0.114. The number of hydrogen-bond donors (Lipinski definition) is 4. The van der Waals surface area contributed by atoms with Gasteiger partial charge in [0.05, 0.1) is 24.8 Å². The summed E-state index contributed by atoms with van der Waals surface area (Å²) in [4.78, 5) is 19.4. The highest BCUT2D eigenvalue weighted by atomic mass is 16.6. The van der Waals surface area contributed by atoms with Gasteiger partial charge < -0.3 is 30.5 Å². The number of esters is 1. The number of nitrogens with zero attached hydrogens (tertiary/aromatic N) is 4. The molecule has 1 aliphatic heterocycles. The van der Waals surface area contributed by atoms with Gasteiger partial charge in [0.1, 0.15) is 30.0 Å². The van der Waals surface area contributed by atoms with Crippen LogP contribution in [-0.2, 0) is 14.3 Å². The van der Waals surface area contributed by atoms with E-state index in [0.29, 0.717) is 5.39 Å². The summed E-state index contributed by atoms with van der Waals surface area (Å²) in [5, 5.41) is 34.8. The molecule has 140 valence electrons. The first-order valence-corrected chi connectivity index (χ1v) is 7.72. The maximum absolute atomic E-state index is 11.4. The zero-order valence-corrected chi connectivity index (χ0v) is 14.1. The third kappa shape index (κ3) is 2.80. The Morgan fingerprint density at radius 3 is 2.88 bits per heavy atom. The number of carbonyl (C=O) groups excluding carboxylic acids is 1. The number of nitrogen functional groups attached to an aromatic ring is 1. The first-order valence-electron chi connectivity index (χ1n) is 7.72. The number of rotatable bonds is 4. The lowest BCUT2D eigenvalue weighted by molar-refractivity contribution is -0.134. The predicted octanol–water partition coefficient (Wildman–Crippen LogP) is -1.40. The fraction of sp³-hybridized carbons (Fsp3) is 0.467. The molecule has 1 aliphatic rings. The van der Waals surface area contributed by atoms with Gasteiger partial charge in [0.2, 0.25) is 0 Å². The molecule has 0 aromatic carbocycles. The van der Waals surface area contributed by atoms with Gasteiger partial charge in [0, 0.05) is 6.08 Å². The monoisotopic (exact) mass is 365 g/mol. The number of nitrogens with two attached hydrogens (primary N) is 1. The fourth-order valence-electron chi connectivity index (χ4n) is 2.87. The average molecular weight is 365 g/mol. The number of hydrogen-bond acceptors (Lipinski definition) is 10. The highest BCUT2D eigenvalue weighted by Gasteiger charge is 2.53. The zero-order valence-electron chi connectivity index (χ0n) is 14.1. The maximum atomic E-state index is 11.4. The van der Waals surface area contributed by atoms with E-state index < -0.39 is 36.6 Å². The molecule has 0 radical (unpaired) electrons. The van der Waals surface area contributed by atoms with Crippen molar-refractivity contribution in [2.45, 2.75) is 31.0 Å². The second-order valence-corrected chi connectivity index (χ2v) is 6.02.